The molecule has 0 aromatic heterocycles. The number of hydrogen-bond acceptors (Lipinski definition) is 4. The van der Waals surface area contributed by atoms with E-state index in [9.17, 15) is 9.59 Å². The standard InChI is InChI=1S/C20H34O4/c1-6-12-23-18(21)16-9-7-8-10-17(16)19(22)24-13-11-15(2)14-20(3,4)5/h7-8,15-17H,6,9-14H2,1-5H3. The Hall–Kier alpha value is -1.32. The fourth-order valence-corrected chi connectivity index (χ4v) is 3.26. The highest BCUT2D eigenvalue weighted by atomic mass is 16.5. The van der Waals surface area contributed by atoms with Gasteiger partial charge in [-0.3, -0.25) is 9.59 Å². The van der Waals surface area contributed by atoms with Crippen molar-refractivity contribution in [2.45, 2.75) is 66.7 Å². The van der Waals surface area contributed by atoms with Gasteiger partial charge in [0.05, 0.1) is 25.0 Å². The van der Waals surface area contributed by atoms with Crippen molar-refractivity contribution >= 4 is 11.9 Å². The van der Waals surface area contributed by atoms with Gasteiger partial charge in [0, 0.05) is 0 Å². The number of esters is 2. The second-order valence-corrected chi connectivity index (χ2v) is 8.15. The average molecular weight is 338 g/mol. The van der Waals surface area contributed by atoms with E-state index in [0.29, 0.717) is 32.0 Å². The zero-order chi connectivity index (χ0) is 18.2. The highest BCUT2D eigenvalue weighted by Gasteiger charge is 2.36. The Balaban J connectivity index is 2.46. The molecule has 1 aliphatic rings. The molecule has 0 saturated carbocycles. The van der Waals surface area contributed by atoms with Crippen LogP contribution in [0.25, 0.3) is 0 Å². The van der Waals surface area contributed by atoms with Crippen LogP contribution in [0.1, 0.15) is 66.7 Å². The number of hydrogen-bond donors (Lipinski definition) is 0. The first-order chi connectivity index (χ1) is 11.2. The van der Waals surface area contributed by atoms with E-state index in [1.807, 2.05) is 19.1 Å². The lowest BCUT2D eigenvalue weighted by molar-refractivity contribution is -0.161. The lowest BCUT2D eigenvalue weighted by Crippen LogP contribution is -2.34. The molecule has 0 N–H and O–H groups in total. The average Bonchev–Trinajstić information content (AvgIpc) is 2.50. The van der Waals surface area contributed by atoms with E-state index in [2.05, 4.69) is 27.7 Å². The smallest absolute Gasteiger partial charge is 0.310 e. The molecule has 0 aromatic rings. The van der Waals surface area contributed by atoms with Crippen LogP contribution in [-0.2, 0) is 19.1 Å². The number of ether oxygens (including phenoxy) is 2. The van der Waals surface area contributed by atoms with E-state index < -0.39 is 11.8 Å². The summed E-state index contributed by atoms with van der Waals surface area (Å²) in [5.74, 6) is -0.835. The van der Waals surface area contributed by atoms with Crippen LogP contribution in [0.3, 0.4) is 0 Å². The molecule has 4 nitrogen and oxygen atoms in total. The molecule has 0 saturated heterocycles. The first kappa shape index (κ1) is 20.7. The summed E-state index contributed by atoms with van der Waals surface area (Å²) in [5, 5.41) is 0. The Morgan fingerprint density at radius 1 is 1.04 bits per heavy atom. The zero-order valence-electron chi connectivity index (χ0n) is 16.0. The van der Waals surface area contributed by atoms with Gasteiger partial charge >= 0.3 is 11.9 Å². The van der Waals surface area contributed by atoms with E-state index >= 15 is 0 Å². The Labute approximate surface area is 147 Å². The minimum absolute atomic E-state index is 0.263. The fourth-order valence-electron chi connectivity index (χ4n) is 3.26. The van der Waals surface area contributed by atoms with Crippen molar-refractivity contribution in [3.8, 4) is 0 Å². The van der Waals surface area contributed by atoms with Gasteiger partial charge in [-0.1, -0.05) is 46.8 Å². The largest absolute Gasteiger partial charge is 0.465 e. The summed E-state index contributed by atoms with van der Waals surface area (Å²) in [4.78, 5) is 24.5. The molecule has 4 heteroatoms. The summed E-state index contributed by atoms with van der Waals surface area (Å²) in [6, 6.07) is 0. The first-order valence-corrected chi connectivity index (χ1v) is 9.23. The van der Waals surface area contributed by atoms with Gasteiger partial charge in [0.25, 0.3) is 0 Å². The van der Waals surface area contributed by atoms with Gasteiger partial charge in [-0.15, -0.1) is 0 Å². The predicted octanol–water partition coefficient (Wildman–Crippen LogP) is 4.53. The summed E-state index contributed by atoms with van der Waals surface area (Å²) in [6.45, 7) is 11.6. The fraction of sp³-hybridized carbons (Fsp3) is 0.800. The molecule has 0 amide bonds. The maximum atomic E-state index is 12.4. The summed E-state index contributed by atoms with van der Waals surface area (Å²) in [7, 11) is 0. The van der Waals surface area contributed by atoms with Crippen LogP contribution in [0.2, 0.25) is 0 Å². The minimum atomic E-state index is -0.405. The Morgan fingerprint density at radius 2 is 1.54 bits per heavy atom. The number of carbonyl (C=O) groups is 2. The van der Waals surface area contributed by atoms with E-state index in [-0.39, 0.29) is 17.4 Å². The van der Waals surface area contributed by atoms with Crippen LogP contribution in [0, 0.1) is 23.2 Å². The van der Waals surface area contributed by atoms with Gasteiger partial charge in [0.1, 0.15) is 0 Å². The Bertz CT molecular complexity index is 433. The normalized spacial score (nSPS) is 22.0. The van der Waals surface area contributed by atoms with Gasteiger partial charge in [-0.25, -0.2) is 0 Å². The van der Waals surface area contributed by atoms with Gasteiger partial charge in [-0.05, 0) is 43.4 Å². The lowest BCUT2D eigenvalue weighted by Gasteiger charge is -2.26. The first-order valence-electron chi connectivity index (χ1n) is 9.23. The molecule has 3 unspecified atom stereocenters. The summed E-state index contributed by atoms with van der Waals surface area (Å²) < 4.78 is 10.7. The molecule has 1 rings (SSSR count). The molecule has 0 aromatic carbocycles. The summed E-state index contributed by atoms with van der Waals surface area (Å²) in [5.41, 5.74) is 0.283. The van der Waals surface area contributed by atoms with Crippen molar-refractivity contribution in [2.24, 2.45) is 23.2 Å². The second-order valence-electron chi connectivity index (χ2n) is 8.15. The summed E-state index contributed by atoms with van der Waals surface area (Å²) >= 11 is 0. The Kier molecular flexibility index (Phi) is 8.51. The van der Waals surface area contributed by atoms with Gasteiger partial charge in [0.15, 0.2) is 0 Å². The van der Waals surface area contributed by atoms with Crippen LogP contribution in [0.5, 0.6) is 0 Å². The second kappa shape index (κ2) is 9.85. The maximum absolute atomic E-state index is 12.4. The van der Waals surface area contributed by atoms with Crippen LogP contribution in [0.4, 0.5) is 0 Å². The number of carbonyl (C=O) groups excluding carboxylic acids is 2. The number of allylic oxidation sites excluding steroid dienone is 2. The van der Waals surface area contributed by atoms with Crippen LogP contribution in [0.15, 0.2) is 12.2 Å². The van der Waals surface area contributed by atoms with Crippen molar-refractivity contribution in [2.75, 3.05) is 13.2 Å². The Morgan fingerprint density at radius 3 is 2.00 bits per heavy atom. The SMILES string of the molecule is CCCOC(=O)C1CC=CCC1C(=O)OCCC(C)CC(C)(C)C. The topological polar surface area (TPSA) is 52.6 Å². The van der Waals surface area contributed by atoms with Crippen molar-refractivity contribution in [1.29, 1.82) is 0 Å². The molecule has 3 atom stereocenters. The van der Waals surface area contributed by atoms with Crippen LogP contribution < -0.4 is 0 Å². The van der Waals surface area contributed by atoms with Gasteiger partial charge < -0.3 is 9.47 Å². The molecule has 0 aliphatic heterocycles. The highest BCUT2D eigenvalue weighted by Crippen LogP contribution is 2.29. The van der Waals surface area contributed by atoms with Gasteiger partial charge in [-0.2, -0.15) is 0 Å². The quantitative estimate of drug-likeness (QED) is 0.482. The molecule has 1 aliphatic carbocycles. The third-order valence-corrected chi connectivity index (χ3v) is 4.30. The molecule has 0 heterocycles. The van der Waals surface area contributed by atoms with E-state index in [1.54, 1.807) is 0 Å². The van der Waals surface area contributed by atoms with E-state index in [0.717, 1.165) is 19.3 Å². The van der Waals surface area contributed by atoms with Crippen LogP contribution in [-0.4, -0.2) is 25.2 Å². The molecule has 0 radical (unpaired) electrons. The van der Waals surface area contributed by atoms with Crippen molar-refractivity contribution in [3.05, 3.63) is 12.2 Å². The monoisotopic (exact) mass is 338 g/mol. The molecular formula is C20H34O4. The predicted molar refractivity (Wildman–Crippen MR) is 95.4 cm³/mol. The molecular weight excluding hydrogens is 304 g/mol. The van der Waals surface area contributed by atoms with Crippen LogP contribution >= 0.6 is 0 Å². The van der Waals surface area contributed by atoms with Crippen molar-refractivity contribution in [1.82, 2.24) is 0 Å². The molecule has 0 fully saturated rings. The maximum Gasteiger partial charge on any atom is 0.310 e. The highest BCUT2D eigenvalue weighted by molar-refractivity contribution is 5.82. The van der Waals surface area contributed by atoms with E-state index in [1.165, 1.54) is 0 Å². The van der Waals surface area contributed by atoms with Gasteiger partial charge in [0.2, 0.25) is 0 Å². The third-order valence-electron chi connectivity index (χ3n) is 4.30. The number of rotatable bonds is 8. The van der Waals surface area contributed by atoms with E-state index in [4.69, 9.17) is 9.47 Å². The summed E-state index contributed by atoms with van der Waals surface area (Å²) in [6.07, 6.45) is 7.77. The molecule has 24 heavy (non-hydrogen) atoms. The van der Waals surface area contributed by atoms with Crippen molar-refractivity contribution in [3.63, 3.8) is 0 Å². The molecule has 138 valence electrons. The lowest BCUT2D eigenvalue weighted by atomic mass is 9.83. The molecule has 0 spiro atoms. The minimum Gasteiger partial charge on any atom is -0.465 e. The zero-order valence-corrected chi connectivity index (χ0v) is 16.0. The molecule has 0 bridgehead atoms. The van der Waals surface area contributed by atoms with Crippen molar-refractivity contribution < 1.29 is 19.1 Å². The third kappa shape index (κ3) is 7.50.